The fourth-order valence-electron chi connectivity index (χ4n) is 11.3. The second-order valence-corrected chi connectivity index (χ2v) is 27.9. The third-order valence-corrected chi connectivity index (χ3v) is 17.7. The topological polar surface area (TPSA) is 415 Å². The fourth-order valence-corrected chi connectivity index (χ4v) is 11.3. The number of carbonyl (C=O) groups excluding carboxylic acids is 9. The largest absolute Gasteiger partial charge is 0.480 e. The molecule has 5 bridgehead atoms. The Balaban J connectivity index is 0.000000258. The molecule has 30 nitrogen and oxygen atoms in total. The summed E-state index contributed by atoms with van der Waals surface area (Å²) < 4.78 is 21.8. The predicted molar refractivity (Wildman–Crippen MR) is 394 cm³/mol. The van der Waals surface area contributed by atoms with Crippen LogP contribution in [0.1, 0.15) is 183 Å². The Morgan fingerprint density at radius 1 is 0.766 bits per heavy atom. The summed E-state index contributed by atoms with van der Waals surface area (Å²) >= 11 is 0. The first kappa shape index (κ1) is 84.7. The van der Waals surface area contributed by atoms with Crippen molar-refractivity contribution in [3.8, 4) is 0 Å². The molecule has 0 aliphatic carbocycles. The molecule has 2 saturated heterocycles. The number of nitro groups is 2. The zero-order valence-corrected chi connectivity index (χ0v) is 61.5. The van der Waals surface area contributed by atoms with Crippen LogP contribution in [0.2, 0.25) is 0 Å². The standard InChI is InChI=1S/C30H40N4O7.C30H38N4O6.C16H12N2O7.CH4/c1-17(2)25(26(36)31-18(3)27(37)34-15-7-8-23(33-34)28(38)39)41-29(40)30(5,6)14-13-20-9-10-21-11-12-22(19(4)35)32-24(21)16-20;1-17(2)25-26(35)31-18(3)27(36)34-15-7-8-23(33-34)28(37)39-19(4)22-12-11-21-10-9-20(16-24(21)32-22)13-14-30(5,6)29(38)40-25;1-9-5-3-7-11(17(21)22)13(9)15(19)25-16(20)14-10(2)6-4-8-12(14)18(23)24;/h9-14,16-19,23,25,33,35H,7-8,15H2,1-6H3,(H,31,36)(H,38,39);9-14,16-19,23,25,33H,7-8,15H2,1-6H3,(H,31,35);3-8H,1-2H3;1H4/b2*14-13+;;/t2*18-,19+,23-,25-;;/m00../s1. The van der Waals surface area contributed by atoms with Gasteiger partial charge < -0.3 is 39.8 Å². The van der Waals surface area contributed by atoms with Gasteiger partial charge in [0.25, 0.3) is 35.0 Å². The number of aliphatic hydroxyl groups is 1. The number of benzene rings is 4. The van der Waals surface area contributed by atoms with Gasteiger partial charge in [-0.05, 0) is 153 Å². The van der Waals surface area contributed by atoms with Crippen LogP contribution in [0.15, 0.2) is 109 Å². The molecule has 0 saturated carbocycles. The normalized spacial score (nSPS) is 19.5. The number of carbonyl (C=O) groups is 10. The molecule has 2 aromatic heterocycles. The number of rotatable bonds is 15. The van der Waals surface area contributed by atoms with E-state index >= 15 is 0 Å². The first-order valence-corrected chi connectivity index (χ1v) is 34.5. The fraction of sp³-hybridized carbons (Fsp3) is 0.429. The molecule has 107 heavy (non-hydrogen) atoms. The molecule has 4 amide bonds. The predicted octanol–water partition coefficient (Wildman–Crippen LogP) is 10.2. The summed E-state index contributed by atoms with van der Waals surface area (Å²) in [6.07, 6.45) is 5.47. The Labute approximate surface area is 619 Å². The lowest BCUT2D eigenvalue weighted by Gasteiger charge is -2.35. The van der Waals surface area contributed by atoms with Gasteiger partial charge in [-0.15, -0.1) is 0 Å². The maximum atomic E-state index is 13.2. The smallest absolute Gasteiger partial charge is 0.353 e. The van der Waals surface area contributed by atoms with Crippen molar-refractivity contribution < 1.29 is 87.0 Å². The summed E-state index contributed by atoms with van der Waals surface area (Å²) in [7, 11) is 0. The number of aliphatic hydroxyl groups excluding tert-OH is 1. The summed E-state index contributed by atoms with van der Waals surface area (Å²) in [6.45, 7) is 23.9. The number of nitrogens with zero attached hydrogens (tertiary/aromatic N) is 6. The first-order chi connectivity index (χ1) is 49.8. The summed E-state index contributed by atoms with van der Waals surface area (Å²) in [5, 5.41) is 50.9. The van der Waals surface area contributed by atoms with Crippen LogP contribution >= 0.6 is 0 Å². The quantitative estimate of drug-likeness (QED) is 0.0183. The Morgan fingerprint density at radius 2 is 1.35 bits per heavy atom. The molecule has 6 N–H and O–H groups in total. The number of carboxylic acids is 1. The third kappa shape index (κ3) is 21.9. The molecule has 0 radical (unpaired) electrons. The Morgan fingerprint density at radius 3 is 1.93 bits per heavy atom. The molecule has 30 heteroatoms. The van der Waals surface area contributed by atoms with E-state index in [0.29, 0.717) is 61.2 Å². The molecular formula is C77H94N10O20. The molecule has 2 fully saturated rings. The van der Waals surface area contributed by atoms with Gasteiger partial charge in [0.05, 0.1) is 49.2 Å². The third-order valence-electron chi connectivity index (χ3n) is 17.7. The number of esters is 5. The highest BCUT2D eigenvalue weighted by molar-refractivity contribution is 6.07. The highest BCUT2D eigenvalue weighted by atomic mass is 16.6. The summed E-state index contributed by atoms with van der Waals surface area (Å²) in [5.41, 5.74) is 6.43. The maximum Gasteiger partial charge on any atom is 0.353 e. The molecule has 4 aromatic carbocycles. The van der Waals surface area contributed by atoms with Gasteiger partial charge in [-0.2, -0.15) is 0 Å². The lowest BCUT2D eigenvalue weighted by molar-refractivity contribution is -0.385. The maximum absolute atomic E-state index is 13.2. The number of cyclic esters (lactones) is 2. The zero-order valence-electron chi connectivity index (χ0n) is 61.5. The number of aromatic nitrogens is 2. The zero-order chi connectivity index (χ0) is 78.4. The summed E-state index contributed by atoms with van der Waals surface area (Å²) in [5.74, 6) is -7.97. The lowest BCUT2D eigenvalue weighted by atomic mass is 9.92. The van der Waals surface area contributed by atoms with Crippen LogP contribution in [0, 0.1) is 56.7 Å². The van der Waals surface area contributed by atoms with Gasteiger partial charge in [0, 0.05) is 36.0 Å². The van der Waals surface area contributed by atoms with Crippen LogP contribution in [0.4, 0.5) is 11.4 Å². The average molecular weight is 1480 g/mol. The van der Waals surface area contributed by atoms with Crippen molar-refractivity contribution in [2.75, 3.05) is 13.1 Å². The van der Waals surface area contributed by atoms with Crippen molar-refractivity contribution in [3.05, 3.63) is 174 Å². The number of ether oxygens (including phenoxy) is 4. The second kappa shape index (κ2) is 36.7. The average Bonchev–Trinajstić information content (AvgIpc) is 0.877. The molecule has 0 spiro atoms. The first-order valence-electron chi connectivity index (χ1n) is 34.5. The number of hydrogen-bond donors (Lipinski definition) is 6. The van der Waals surface area contributed by atoms with E-state index < -0.39 is 140 Å². The van der Waals surface area contributed by atoms with E-state index in [0.717, 1.165) is 34.0 Å². The van der Waals surface area contributed by atoms with Gasteiger partial charge in [-0.3, -0.25) is 73.6 Å². The van der Waals surface area contributed by atoms with E-state index in [1.54, 1.807) is 100 Å². The monoisotopic (exact) mass is 1480 g/mol. The number of amides is 4. The number of pyridine rings is 2. The minimum Gasteiger partial charge on any atom is -0.480 e. The molecule has 6 aromatic rings. The van der Waals surface area contributed by atoms with E-state index in [9.17, 15) is 78.4 Å². The van der Waals surface area contributed by atoms with Gasteiger partial charge in [0.2, 0.25) is 0 Å². The highest BCUT2D eigenvalue weighted by Gasteiger charge is 2.40. The van der Waals surface area contributed by atoms with E-state index in [2.05, 4.69) is 31.2 Å². The van der Waals surface area contributed by atoms with Crippen molar-refractivity contribution in [3.63, 3.8) is 0 Å². The van der Waals surface area contributed by atoms with Gasteiger partial charge in [0.1, 0.15) is 41.4 Å². The lowest BCUT2D eigenvalue weighted by Crippen LogP contribution is -2.60. The van der Waals surface area contributed by atoms with Gasteiger partial charge in [0.15, 0.2) is 12.2 Å². The highest BCUT2D eigenvalue weighted by Crippen LogP contribution is 2.31. The minimum atomic E-state index is -1.24. The summed E-state index contributed by atoms with van der Waals surface area (Å²) in [4.78, 5) is 157. The van der Waals surface area contributed by atoms with Crippen LogP contribution in [-0.2, 0) is 57.3 Å². The van der Waals surface area contributed by atoms with Crippen molar-refractivity contribution in [2.24, 2.45) is 22.7 Å². The van der Waals surface area contributed by atoms with Crippen LogP contribution in [0.25, 0.3) is 34.0 Å². The number of aliphatic carboxylic acids is 1. The second-order valence-electron chi connectivity index (χ2n) is 27.9. The minimum absolute atomic E-state index is 0. The molecular weight excluding hydrogens is 1380 g/mol. The summed E-state index contributed by atoms with van der Waals surface area (Å²) in [6, 6.07) is 23.2. The van der Waals surface area contributed by atoms with Crippen molar-refractivity contribution in [1.82, 2.24) is 41.5 Å². The van der Waals surface area contributed by atoms with Crippen molar-refractivity contribution in [1.29, 1.82) is 0 Å². The number of nitro benzene ring substituents is 2. The van der Waals surface area contributed by atoms with Crippen molar-refractivity contribution in [2.45, 2.75) is 179 Å². The molecule has 8 atom stereocenters. The molecule has 9 rings (SSSR count). The van der Waals surface area contributed by atoms with Crippen LogP contribution in [0.5, 0.6) is 0 Å². The van der Waals surface area contributed by atoms with E-state index in [1.165, 1.54) is 55.1 Å². The number of aryl methyl sites for hydroxylation is 2. The molecule has 572 valence electrons. The molecule has 3 aliphatic rings. The van der Waals surface area contributed by atoms with Crippen LogP contribution in [-0.4, -0.2) is 149 Å². The number of hydrazine groups is 2. The molecule has 5 heterocycles. The van der Waals surface area contributed by atoms with Crippen LogP contribution in [0.3, 0.4) is 0 Å². The molecule has 3 aliphatic heterocycles. The van der Waals surface area contributed by atoms with Gasteiger partial charge in [-0.1, -0.05) is 120 Å². The SMILES string of the molecule is C.CC(C)[C@@H]1OC(=O)C(C)(C)/C=C/c2ccc3ccc(nc3c2)[C@@H](C)OC(=O)[C@@H]2CCCN(N2)C(=O)[C@H](C)NC1=O.CC(C)[C@H](OC(=O)C(C)(C)/C=C/c1ccc2ccc([C@@H](C)O)nc2c1)C(=O)N[C@@H](C)C(=O)N1CCC[C@@H](C(=O)O)N1.Cc1cccc([N+](=O)[O-])c1C(=O)OC(=O)c1c(C)cccc1[N+](=O)[O-]. The van der Waals surface area contributed by atoms with E-state index in [1.807, 2.05) is 60.7 Å². The molecule has 0 unspecified atom stereocenters. The number of hydrogen-bond acceptors (Lipinski definition) is 23. The number of nitrogens with one attached hydrogen (secondary N) is 4. The van der Waals surface area contributed by atoms with E-state index in [4.69, 9.17) is 19.2 Å². The van der Waals surface area contributed by atoms with Gasteiger partial charge in [-0.25, -0.2) is 25.4 Å². The Bertz CT molecular complexity index is 4360. The Kier molecular flexibility index (Phi) is 29.0. The van der Waals surface area contributed by atoms with Crippen LogP contribution < -0.4 is 21.5 Å². The van der Waals surface area contributed by atoms with Gasteiger partial charge >= 0.3 is 35.8 Å². The van der Waals surface area contributed by atoms with E-state index in [-0.39, 0.29) is 41.5 Å². The Hall–Kier alpha value is -11.2. The van der Waals surface area contributed by atoms with Crippen molar-refractivity contribution >= 4 is 105 Å². The number of fused-ring (bicyclic) bond motifs is 5. The number of carboxylic acid groups (broad SMARTS) is 1.